The summed E-state index contributed by atoms with van der Waals surface area (Å²) in [6.07, 6.45) is 0. The normalized spacial score (nSPS) is 11.5. The number of rotatable bonds is 6. The molecule has 0 heterocycles. The number of benzene rings is 2. The van der Waals surface area contributed by atoms with Gasteiger partial charge in [-0.2, -0.15) is 8.78 Å². The molecule has 2 rings (SSSR count). The maximum atomic E-state index is 13.9. The second-order valence-electron chi connectivity index (χ2n) is 5.00. The third-order valence-electron chi connectivity index (χ3n) is 3.30. The van der Waals surface area contributed by atoms with Crippen molar-refractivity contribution in [1.82, 2.24) is 10.6 Å². The average Bonchev–Trinajstić information content (AvgIpc) is 2.56. The number of hydrogen-bond donors (Lipinski definition) is 2. The standard InChI is InChI=1S/C17H17F4N3O/c1-22-17(23-9-11-4-2-5-12(18)8-11)24-10-13-14(19)6-3-7-15(13)25-16(20)21/h2-8,16H,9-10H2,1H3,(H2,22,23,24). The topological polar surface area (TPSA) is 45.7 Å². The van der Waals surface area contributed by atoms with Crippen LogP contribution in [-0.2, 0) is 13.1 Å². The lowest BCUT2D eigenvalue weighted by Crippen LogP contribution is -2.36. The third-order valence-corrected chi connectivity index (χ3v) is 3.30. The number of nitrogens with one attached hydrogen (secondary N) is 2. The number of alkyl halides is 2. The number of aliphatic imine (C=N–C) groups is 1. The summed E-state index contributed by atoms with van der Waals surface area (Å²) in [7, 11) is 1.50. The molecular weight excluding hydrogens is 338 g/mol. The van der Waals surface area contributed by atoms with Gasteiger partial charge in [0.15, 0.2) is 5.96 Å². The van der Waals surface area contributed by atoms with E-state index in [1.807, 2.05) is 0 Å². The van der Waals surface area contributed by atoms with Crippen LogP contribution in [0.5, 0.6) is 5.75 Å². The minimum absolute atomic E-state index is 0.0449. The largest absolute Gasteiger partial charge is 0.434 e. The summed E-state index contributed by atoms with van der Waals surface area (Å²) in [5.74, 6) is -0.979. The summed E-state index contributed by atoms with van der Waals surface area (Å²) < 4.78 is 56.2. The quantitative estimate of drug-likeness (QED) is 0.474. The van der Waals surface area contributed by atoms with Crippen molar-refractivity contribution in [3.8, 4) is 5.75 Å². The predicted octanol–water partition coefficient (Wildman–Crippen LogP) is 3.43. The Kier molecular flexibility index (Phi) is 6.62. The Bertz CT molecular complexity index is 738. The summed E-state index contributed by atoms with van der Waals surface area (Å²) in [6.45, 7) is -2.88. The number of halogens is 4. The summed E-state index contributed by atoms with van der Waals surface area (Å²) in [5.41, 5.74) is 0.645. The van der Waals surface area contributed by atoms with Gasteiger partial charge in [0.05, 0.1) is 0 Å². The molecule has 4 nitrogen and oxygen atoms in total. The van der Waals surface area contributed by atoms with E-state index in [9.17, 15) is 17.6 Å². The van der Waals surface area contributed by atoms with Crippen molar-refractivity contribution < 1.29 is 22.3 Å². The van der Waals surface area contributed by atoms with Crippen LogP contribution < -0.4 is 15.4 Å². The highest BCUT2D eigenvalue weighted by atomic mass is 19.3. The third kappa shape index (κ3) is 5.66. The number of guanidine groups is 1. The lowest BCUT2D eigenvalue weighted by Gasteiger charge is -2.15. The molecule has 0 aliphatic heterocycles. The van der Waals surface area contributed by atoms with Crippen molar-refractivity contribution in [2.75, 3.05) is 7.05 Å². The molecule has 0 spiro atoms. The predicted molar refractivity (Wildman–Crippen MR) is 86.5 cm³/mol. The van der Waals surface area contributed by atoms with Crippen molar-refractivity contribution in [3.63, 3.8) is 0 Å². The fourth-order valence-electron chi connectivity index (χ4n) is 2.14. The second kappa shape index (κ2) is 8.91. The Morgan fingerprint density at radius 2 is 1.80 bits per heavy atom. The monoisotopic (exact) mass is 355 g/mol. The van der Waals surface area contributed by atoms with Gasteiger partial charge in [-0.15, -0.1) is 0 Å². The molecule has 25 heavy (non-hydrogen) atoms. The van der Waals surface area contributed by atoms with Crippen LogP contribution in [0.2, 0.25) is 0 Å². The zero-order chi connectivity index (χ0) is 18.2. The highest BCUT2D eigenvalue weighted by molar-refractivity contribution is 5.79. The van der Waals surface area contributed by atoms with Crippen LogP contribution in [0, 0.1) is 11.6 Å². The first kappa shape index (κ1) is 18.6. The van der Waals surface area contributed by atoms with Crippen molar-refractivity contribution in [1.29, 1.82) is 0 Å². The number of nitrogens with zero attached hydrogens (tertiary/aromatic N) is 1. The molecule has 0 aromatic heterocycles. The minimum atomic E-state index is -3.05. The molecule has 8 heteroatoms. The van der Waals surface area contributed by atoms with E-state index in [0.717, 1.165) is 6.07 Å². The van der Waals surface area contributed by atoms with Crippen LogP contribution in [0.3, 0.4) is 0 Å². The van der Waals surface area contributed by atoms with Crippen molar-refractivity contribution in [2.24, 2.45) is 4.99 Å². The molecule has 0 bridgehead atoms. The Morgan fingerprint density at radius 3 is 2.48 bits per heavy atom. The van der Waals surface area contributed by atoms with Gasteiger partial charge in [0, 0.05) is 25.7 Å². The first-order chi connectivity index (χ1) is 12.0. The fraction of sp³-hybridized carbons (Fsp3) is 0.235. The molecule has 0 fully saturated rings. The molecule has 0 radical (unpaired) electrons. The van der Waals surface area contributed by atoms with Crippen LogP contribution >= 0.6 is 0 Å². The first-order valence-corrected chi connectivity index (χ1v) is 7.40. The van der Waals surface area contributed by atoms with E-state index in [-0.39, 0.29) is 30.2 Å². The van der Waals surface area contributed by atoms with Gasteiger partial charge in [-0.1, -0.05) is 18.2 Å². The molecule has 134 valence electrons. The molecule has 2 N–H and O–H groups in total. The van der Waals surface area contributed by atoms with Gasteiger partial charge in [-0.05, 0) is 29.8 Å². The van der Waals surface area contributed by atoms with E-state index in [1.54, 1.807) is 12.1 Å². The molecule has 0 atom stereocenters. The number of hydrogen-bond acceptors (Lipinski definition) is 2. The maximum absolute atomic E-state index is 13.9. The molecule has 2 aromatic carbocycles. The van der Waals surface area contributed by atoms with E-state index in [0.29, 0.717) is 11.5 Å². The van der Waals surface area contributed by atoms with Gasteiger partial charge >= 0.3 is 6.61 Å². The zero-order valence-corrected chi connectivity index (χ0v) is 13.4. The molecule has 0 amide bonds. The summed E-state index contributed by atoms with van der Waals surface area (Å²) in [5, 5.41) is 5.73. The fourth-order valence-corrected chi connectivity index (χ4v) is 2.14. The van der Waals surface area contributed by atoms with E-state index >= 15 is 0 Å². The van der Waals surface area contributed by atoms with Crippen LogP contribution in [0.4, 0.5) is 17.6 Å². The lowest BCUT2D eigenvalue weighted by molar-refractivity contribution is -0.0506. The van der Waals surface area contributed by atoms with Gasteiger partial charge in [-0.3, -0.25) is 4.99 Å². The van der Waals surface area contributed by atoms with Crippen LogP contribution in [0.15, 0.2) is 47.5 Å². The smallest absolute Gasteiger partial charge is 0.387 e. The summed E-state index contributed by atoms with van der Waals surface area (Å²) in [4.78, 5) is 3.95. The van der Waals surface area contributed by atoms with E-state index < -0.39 is 12.4 Å². The minimum Gasteiger partial charge on any atom is -0.434 e. The first-order valence-electron chi connectivity index (χ1n) is 7.40. The van der Waals surface area contributed by atoms with Gasteiger partial charge in [0.1, 0.15) is 17.4 Å². The Hall–Kier alpha value is -2.77. The van der Waals surface area contributed by atoms with Crippen LogP contribution in [0.1, 0.15) is 11.1 Å². The maximum Gasteiger partial charge on any atom is 0.387 e. The second-order valence-corrected chi connectivity index (χ2v) is 5.00. The Balaban J connectivity index is 1.99. The van der Waals surface area contributed by atoms with Crippen molar-refractivity contribution in [3.05, 3.63) is 65.2 Å². The molecule has 2 aromatic rings. The highest BCUT2D eigenvalue weighted by Gasteiger charge is 2.14. The average molecular weight is 355 g/mol. The van der Waals surface area contributed by atoms with Gasteiger partial charge in [-0.25, -0.2) is 8.78 Å². The molecule has 0 saturated heterocycles. The van der Waals surface area contributed by atoms with Crippen LogP contribution in [-0.4, -0.2) is 19.6 Å². The van der Waals surface area contributed by atoms with Crippen molar-refractivity contribution >= 4 is 5.96 Å². The van der Waals surface area contributed by atoms with Crippen LogP contribution in [0.25, 0.3) is 0 Å². The Morgan fingerprint density at radius 1 is 1.08 bits per heavy atom. The summed E-state index contributed by atoms with van der Waals surface area (Å²) in [6, 6.07) is 9.71. The molecule has 0 aliphatic rings. The molecule has 0 unspecified atom stereocenters. The molecular formula is C17H17F4N3O. The number of ether oxygens (including phenoxy) is 1. The summed E-state index contributed by atoms with van der Waals surface area (Å²) >= 11 is 0. The van der Waals surface area contributed by atoms with E-state index in [4.69, 9.17) is 0 Å². The highest BCUT2D eigenvalue weighted by Crippen LogP contribution is 2.23. The SMILES string of the molecule is CN=C(NCc1cccc(F)c1)NCc1c(F)cccc1OC(F)F. The van der Waals surface area contributed by atoms with Gasteiger partial charge in [0.2, 0.25) is 0 Å². The van der Waals surface area contributed by atoms with E-state index in [2.05, 4.69) is 20.4 Å². The zero-order valence-electron chi connectivity index (χ0n) is 13.4. The lowest BCUT2D eigenvalue weighted by atomic mass is 10.2. The van der Waals surface area contributed by atoms with Gasteiger partial charge < -0.3 is 15.4 Å². The Labute approximate surface area is 142 Å². The van der Waals surface area contributed by atoms with E-state index in [1.165, 1.54) is 31.3 Å². The van der Waals surface area contributed by atoms with Gasteiger partial charge in [0.25, 0.3) is 0 Å². The van der Waals surface area contributed by atoms with Crippen molar-refractivity contribution in [2.45, 2.75) is 19.7 Å². The molecule has 0 aliphatic carbocycles. The molecule has 0 saturated carbocycles.